The van der Waals surface area contributed by atoms with E-state index >= 15 is 0 Å². The molecular formula is C14H19NO2. The fourth-order valence-electron chi connectivity index (χ4n) is 3.20. The monoisotopic (exact) mass is 233 g/mol. The minimum Gasteiger partial charge on any atom is -0.508 e. The first kappa shape index (κ1) is 10.9. The summed E-state index contributed by atoms with van der Waals surface area (Å²) in [4.78, 5) is 0. The van der Waals surface area contributed by atoms with Gasteiger partial charge in [-0.15, -0.1) is 0 Å². The van der Waals surface area contributed by atoms with Gasteiger partial charge in [-0.05, 0) is 44.7 Å². The van der Waals surface area contributed by atoms with Gasteiger partial charge in [0, 0.05) is 22.7 Å². The summed E-state index contributed by atoms with van der Waals surface area (Å²) >= 11 is 0. The van der Waals surface area contributed by atoms with E-state index in [1.54, 1.807) is 7.11 Å². The molecule has 1 fully saturated rings. The highest BCUT2D eigenvalue weighted by Gasteiger charge is 2.27. The van der Waals surface area contributed by atoms with E-state index in [-0.39, 0.29) is 0 Å². The zero-order valence-corrected chi connectivity index (χ0v) is 10.3. The predicted octanol–water partition coefficient (Wildman–Crippen LogP) is 2.31. The first-order valence-electron chi connectivity index (χ1n) is 6.46. The maximum atomic E-state index is 10.1. The van der Waals surface area contributed by atoms with Crippen molar-refractivity contribution in [1.82, 2.24) is 5.32 Å². The fraction of sp³-hybridized carbons (Fsp3) is 0.571. The number of phenolic OH excluding ortho intramolecular Hbond substituents is 1. The van der Waals surface area contributed by atoms with Gasteiger partial charge in [0.2, 0.25) is 0 Å². The minimum atomic E-state index is 0.349. The first-order chi connectivity index (χ1) is 8.31. The van der Waals surface area contributed by atoms with Crippen molar-refractivity contribution in [2.45, 2.75) is 38.1 Å². The first-order valence-corrected chi connectivity index (χ1v) is 6.46. The Bertz CT molecular complexity index is 436. The molecule has 0 spiro atoms. The molecule has 3 nitrogen and oxygen atoms in total. The summed E-state index contributed by atoms with van der Waals surface area (Å²) < 4.78 is 5.60. The van der Waals surface area contributed by atoms with Crippen molar-refractivity contribution in [3.63, 3.8) is 0 Å². The van der Waals surface area contributed by atoms with E-state index < -0.39 is 0 Å². The smallest absolute Gasteiger partial charge is 0.127 e. The second-order valence-electron chi connectivity index (χ2n) is 4.98. The van der Waals surface area contributed by atoms with Crippen LogP contribution in [0.1, 0.15) is 42.0 Å². The Kier molecular flexibility index (Phi) is 2.71. The van der Waals surface area contributed by atoms with Crippen molar-refractivity contribution >= 4 is 0 Å². The quantitative estimate of drug-likeness (QED) is 0.823. The summed E-state index contributed by atoms with van der Waals surface area (Å²) in [6.45, 7) is 1.06. The molecule has 0 amide bonds. The highest BCUT2D eigenvalue weighted by atomic mass is 16.5. The van der Waals surface area contributed by atoms with Gasteiger partial charge >= 0.3 is 0 Å². The molecule has 1 atom stereocenters. The van der Waals surface area contributed by atoms with E-state index in [1.165, 1.54) is 12.0 Å². The molecule has 2 N–H and O–H groups in total. The third kappa shape index (κ3) is 1.69. The third-order valence-electron chi connectivity index (χ3n) is 4.00. The number of hydrogen-bond acceptors (Lipinski definition) is 3. The van der Waals surface area contributed by atoms with Crippen molar-refractivity contribution in [2.75, 3.05) is 13.7 Å². The summed E-state index contributed by atoms with van der Waals surface area (Å²) in [5.74, 6) is 1.47. The highest BCUT2D eigenvalue weighted by molar-refractivity contribution is 5.56. The minimum absolute atomic E-state index is 0.349. The van der Waals surface area contributed by atoms with Gasteiger partial charge in [0.1, 0.15) is 11.5 Å². The molecule has 1 aliphatic carbocycles. The van der Waals surface area contributed by atoms with Crippen LogP contribution in [0.3, 0.4) is 0 Å². The van der Waals surface area contributed by atoms with Gasteiger partial charge < -0.3 is 15.2 Å². The Morgan fingerprint density at radius 1 is 1.29 bits per heavy atom. The molecule has 0 aromatic heterocycles. The lowest BCUT2D eigenvalue weighted by atomic mass is 9.97. The standard InChI is InChI=1S/C14H19NO2/c1-17-14-10-5-2-4-9(10)13(16)8-11(14)12-6-3-7-15-12/h8,12,15-16H,2-7H2,1H3/t12-/m0/s1. The summed E-state index contributed by atoms with van der Waals surface area (Å²) in [7, 11) is 1.74. The van der Waals surface area contributed by atoms with E-state index in [0.717, 1.165) is 49.1 Å². The number of aromatic hydroxyl groups is 1. The molecule has 92 valence electrons. The van der Waals surface area contributed by atoms with Gasteiger partial charge in [-0.3, -0.25) is 0 Å². The normalized spacial score (nSPS) is 22.8. The lowest BCUT2D eigenvalue weighted by Crippen LogP contribution is -2.14. The van der Waals surface area contributed by atoms with Crippen molar-refractivity contribution in [1.29, 1.82) is 0 Å². The van der Waals surface area contributed by atoms with E-state index in [4.69, 9.17) is 4.74 Å². The Morgan fingerprint density at radius 3 is 2.82 bits per heavy atom. The van der Waals surface area contributed by atoms with Gasteiger partial charge in [0.05, 0.1) is 7.11 Å². The molecule has 1 aromatic rings. The second kappa shape index (κ2) is 4.22. The zero-order chi connectivity index (χ0) is 11.8. The lowest BCUT2D eigenvalue weighted by Gasteiger charge is -2.19. The average Bonchev–Trinajstić information content (AvgIpc) is 3.00. The van der Waals surface area contributed by atoms with Crippen molar-refractivity contribution in [3.8, 4) is 11.5 Å². The Morgan fingerprint density at radius 2 is 2.12 bits per heavy atom. The van der Waals surface area contributed by atoms with Crippen LogP contribution in [0.25, 0.3) is 0 Å². The Labute approximate surface area is 102 Å². The third-order valence-corrected chi connectivity index (χ3v) is 4.00. The van der Waals surface area contributed by atoms with E-state index in [2.05, 4.69) is 5.32 Å². The summed E-state index contributed by atoms with van der Waals surface area (Å²) in [6.07, 6.45) is 5.48. The fourth-order valence-corrected chi connectivity index (χ4v) is 3.20. The van der Waals surface area contributed by atoms with Crippen LogP contribution in [0.2, 0.25) is 0 Å². The number of ether oxygens (including phenoxy) is 1. The van der Waals surface area contributed by atoms with Crippen LogP contribution < -0.4 is 10.1 Å². The van der Waals surface area contributed by atoms with Gasteiger partial charge in [-0.2, -0.15) is 0 Å². The average molecular weight is 233 g/mol. The molecule has 1 aromatic carbocycles. The molecule has 1 heterocycles. The largest absolute Gasteiger partial charge is 0.508 e. The molecule has 3 heteroatoms. The van der Waals surface area contributed by atoms with E-state index in [9.17, 15) is 5.11 Å². The molecule has 1 aliphatic heterocycles. The van der Waals surface area contributed by atoms with Crippen LogP contribution in [-0.4, -0.2) is 18.8 Å². The van der Waals surface area contributed by atoms with Crippen LogP contribution in [0.5, 0.6) is 11.5 Å². The number of methoxy groups -OCH3 is 1. The topological polar surface area (TPSA) is 41.5 Å². The lowest BCUT2D eigenvalue weighted by molar-refractivity contribution is 0.395. The summed E-state index contributed by atoms with van der Waals surface area (Å²) in [6, 6.07) is 2.26. The van der Waals surface area contributed by atoms with E-state index in [1.807, 2.05) is 6.07 Å². The second-order valence-corrected chi connectivity index (χ2v) is 4.98. The molecule has 0 saturated carbocycles. The predicted molar refractivity (Wildman–Crippen MR) is 66.7 cm³/mol. The number of hydrogen-bond donors (Lipinski definition) is 2. The Hall–Kier alpha value is -1.22. The van der Waals surface area contributed by atoms with Gasteiger partial charge in [-0.25, -0.2) is 0 Å². The number of phenols is 1. The highest BCUT2D eigenvalue weighted by Crippen LogP contribution is 2.43. The van der Waals surface area contributed by atoms with Crippen LogP contribution >= 0.6 is 0 Å². The van der Waals surface area contributed by atoms with E-state index in [0.29, 0.717) is 11.8 Å². The molecule has 1 saturated heterocycles. The maximum absolute atomic E-state index is 10.1. The Balaban J connectivity index is 2.11. The maximum Gasteiger partial charge on any atom is 0.127 e. The number of fused-ring (bicyclic) bond motifs is 1. The molecular weight excluding hydrogens is 214 g/mol. The van der Waals surface area contributed by atoms with Crippen LogP contribution in [0, 0.1) is 0 Å². The molecule has 17 heavy (non-hydrogen) atoms. The molecule has 2 aliphatic rings. The van der Waals surface area contributed by atoms with Crippen LogP contribution in [-0.2, 0) is 12.8 Å². The van der Waals surface area contributed by atoms with Gasteiger partial charge in [0.15, 0.2) is 0 Å². The molecule has 0 bridgehead atoms. The molecule has 3 rings (SSSR count). The zero-order valence-electron chi connectivity index (χ0n) is 10.3. The summed E-state index contributed by atoms with van der Waals surface area (Å²) in [5, 5.41) is 13.6. The number of rotatable bonds is 2. The summed E-state index contributed by atoms with van der Waals surface area (Å²) in [5.41, 5.74) is 3.47. The van der Waals surface area contributed by atoms with Crippen molar-refractivity contribution in [3.05, 3.63) is 22.8 Å². The van der Waals surface area contributed by atoms with Crippen molar-refractivity contribution in [2.24, 2.45) is 0 Å². The van der Waals surface area contributed by atoms with Crippen LogP contribution in [0.15, 0.2) is 6.07 Å². The SMILES string of the molecule is COc1c([C@@H]2CCCN2)cc(O)c2c1CCC2. The molecule has 0 radical (unpaired) electrons. The van der Waals surface area contributed by atoms with Gasteiger partial charge in [0.25, 0.3) is 0 Å². The van der Waals surface area contributed by atoms with Crippen LogP contribution in [0.4, 0.5) is 0 Å². The van der Waals surface area contributed by atoms with Crippen molar-refractivity contribution < 1.29 is 9.84 Å². The van der Waals surface area contributed by atoms with Gasteiger partial charge in [-0.1, -0.05) is 0 Å². The number of nitrogens with one attached hydrogen (secondary N) is 1. The number of benzene rings is 1. The molecule has 0 unspecified atom stereocenters.